The van der Waals surface area contributed by atoms with E-state index in [1.54, 1.807) is 0 Å². The summed E-state index contributed by atoms with van der Waals surface area (Å²) < 4.78 is 79.4. The number of nitrogens with zero attached hydrogens (tertiary/aromatic N) is 4. The molecule has 1 aromatic carbocycles. The van der Waals surface area contributed by atoms with Gasteiger partial charge < -0.3 is 0 Å². The van der Waals surface area contributed by atoms with Crippen LogP contribution >= 0.6 is 23.4 Å². The Kier molecular flexibility index (Phi) is 8.14. The van der Waals surface area contributed by atoms with Gasteiger partial charge in [-0.05, 0) is 19.1 Å². The quantitative estimate of drug-likeness (QED) is 0.499. The first-order valence-corrected chi connectivity index (χ1v) is 13.3. The van der Waals surface area contributed by atoms with Gasteiger partial charge in [-0.2, -0.15) is 13.2 Å². The average molecular weight is 600 g/mol. The highest BCUT2D eigenvalue weighted by atomic mass is 35.5. The highest BCUT2D eigenvalue weighted by Gasteiger charge is 2.38. The van der Waals surface area contributed by atoms with Gasteiger partial charge in [-0.15, -0.1) is 0 Å². The topological polar surface area (TPSA) is 140 Å². The number of hydrogen-bond acceptors (Lipinski definition) is 8. The molecule has 18 heteroatoms. The number of aromatic nitrogens is 2. The number of rotatable bonds is 6. The summed E-state index contributed by atoms with van der Waals surface area (Å²) in [5.41, 5.74) is -5.48. The zero-order valence-electron chi connectivity index (χ0n) is 19.7. The van der Waals surface area contributed by atoms with Crippen molar-refractivity contribution >= 4 is 56.1 Å². The molecule has 206 valence electrons. The lowest BCUT2D eigenvalue weighted by Gasteiger charge is -2.15. The molecule has 1 saturated heterocycles. The maximum Gasteiger partial charge on any atom is 0.431 e. The first-order valence-electron chi connectivity index (χ1n) is 10.4. The summed E-state index contributed by atoms with van der Waals surface area (Å²) in [5, 5.41) is -1.43. The number of halogens is 5. The van der Waals surface area contributed by atoms with Gasteiger partial charge in [0.05, 0.1) is 22.2 Å². The van der Waals surface area contributed by atoms with Crippen LogP contribution in [0.3, 0.4) is 0 Å². The van der Waals surface area contributed by atoms with Gasteiger partial charge in [-0.3, -0.25) is 28.6 Å². The third kappa shape index (κ3) is 5.94. The lowest BCUT2D eigenvalue weighted by atomic mass is 10.2. The zero-order valence-corrected chi connectivity index (χ0v) is 22.1. The smallest absolute Gasteiger partial charge is 0.293 e. The van der Waals surface area contributed by atoms with Gasteiger partial charge in [-0.25, -0.2) is 27.2 Å². The van der Waals surface area contributed by atoms with Gasteiger partial charge in [0, 0.05) is 26.6 Å². The van der Waals surface area contributed by atoms with E-state index in [4.69, 9.17) is 11.6 Å². The maximum absolute atomic E-state index is 14.7. The van der Waals surface area contributed by atoms with Gasteiger partial charge >= 0.3 is 11.9 Å². The molecule has 11 nitrogen and oxygen atoms in total. The average Bonchev–Trinajstić information content (AvgIpc) is 3.05. The second-order valence-electron chi connectivity index (χ2n) is 7.83. The Hall–Kier alpha value is -3.18. The van der Waals surface area contributed by atoms with Crippen molar-refractivity contribution in [3.05, 3.63) is 55.6 Å². The molecule has 1 aliphatic rings. The van der Waals surface area contributed by atoms with Gasteiger partial charge in [0.15, 0.2) is 5.17 Å². The molecule has 38 heavy (non-hydrogen) atoms. The summed E-state index contributed by atoms with van der Waals surface area (Å²) in [7, 11) is -1.80. The molecule has 1 atom stereocenters. The molecule has 1 N–H and O–H groups in total. The van der Waals surface area contributed by atoms with Crippen LogP contribution in [-0.2, 0) is 32.8 Å². The van der Waals surface area contributed by atoms with Crippen LogP contribution in [0.2, 0.25) is 5.02 Å². The van der Waals surface area contributed by atoms with Crippen molar-refractivity contribution in [2.75, 3.05) is 12.8 Å². The molecule has 2 amide bonds. The summed E-state index contributed by atoms with van der Waals surface area (Å²) in [6.07, 6.45) is -5.53. The minimum absolute atomic E-state index is 0.0433. The minimum Gasteiger partial charge on any atom is -0.293 e. The van der Waals surface area contributed by atoms with E-state index in [0.717, 1.165) is 29.8 Å². The Morgan fingerprint density at radius 1 is 1.18 bits per heavy atom. The Morgan fingerprint density at radius 2 is 1.82 bits per heavy atom. The van der Waals surface area contributed by atoms with Crippen LogP contribution in [0.25, 0.3) is 5.69 Å². The molecule has 0 aliphatic carbocycles. The molecular formula is C20H18ClF4N5O6S2. The molecular weight excluding hydrogens is 582 g/mol. The molecule has 0 spiro atoms. The third-order valence-electron chi connectivity index (χ3n) is 5.24. The lowest BCUT2D eigenvalue weighted by Crippen LogP contribution is -2.41. The number of nitrogens with one attached hydrogen (secondary N) is 1. The highest BCUT2D eigenvalue weighted by molar-refractivity contribution is 8.15. The molecule has 0 radical (unpaired) electrons. The van der Waals surface area contributed by atoms with E-state index in [0.29, 0.717) is 6.07 Å². The van der Waals surface area contributed by atoms with E-state index in [9.17, 15) is 45.2 Å². The zero-order chi connectivity index (χ0) is 28.7. The summed E-state index contributed by atoms with van der Waals surface area (Å²) in [5.74, 6) is -3.10. The standard InChI is InChI=1S/C20H18ClF4N5O6S2/c1-4-38(35,36)27-15(31)7-13-17(33)29(3)18(37-13)26-11-6-12(10(22)5-9(11)21)30-16(32)8-14(20(23,24)25)28(2)19(30)34/h5-6,8,13H,4,7H2,1-3H3,(H,27,31)/b26-18-. The number of benzene rings is 1. The van der Waals surface area contributed by atoms with Crippen molar-refractivity contribution in [2.45, 2.75) is 24.8 Å². The predicted molar refractivity (Wildman–Crippen MR) is 131 cm³/mol. The largest absolute Gasteiger partial charge is 0.431 e. The van der Waals surface area contributed by atoms with Crippen molar-refractivity contribution in [3.63, 3.8) is 0 Å². The first kappa shape index (κ1) is 29.4. The van der Waals surface area contributed by atoms with Crippen LogP contribution < -0.4 is 16.0 Å². The van der Waals surface area contributed by atoms with Crippen molar-refractivity contribution < 1.29 is 35.6 Å². The fraction of sp³-hybridized carbons (Fsp3) is 0.350. The van der Waals surface area contributed by atoms with Crippen LogP contribution in [0.5, 0.6) is 0 Å². The normalized spacial score (nSPS) is 17.4. The van der Waals surface area contributed by atoms with E-state index in [1.165, 1.54) is 14.0 Å². The number of amidine groups is 1. The van der Waals surface area contributed by atoms with Crippen LogP contribution in [0.1, 0.15) is 19.0 Å². The molecule has 1 aromatic heterocycles. The van der Waals surface area contributed by atoms with E-state index < -0.39 is 68.1 Å². The Balaban J connectivity index is 2.02. The third-order valence-corrected chi connectivity index (χ3v) is 8.07. The second-order valence-corrected chi connectivity index (χ2v) is 11.4. The molecule has 0 bridgehead atoms. The first-order chi connectivity index (χ1) is 17.5. The summed E-state index contributed by atoms with van der Waals surface area (Å²) in [6.45, 7) is 1.32. The number of thioether (sulfide) groups is 1. The molecule has 1 unspecified atom stereocenters. The van der Waals surface area contributed by atoms with E-state index in [2.05, 4.69) is 4.99 Å². The summed E-state index contributed by atoms with van der Waals surface area (Å²) in [6, 6.07) is 1.66. The predicted octanol–water partition coefficient (Wildman–Crippen LogP) is 1.76. The highest BCUT2D eigenvalue weighted by Crippen LogP contribution is 2.35. The fourth-order valence-electron chi connectivity index (χ4n) is 3.26. The maximum atomic E-state index is 14.7. The second kappa shape index (κ2) is 10.5. The van der Waals surface area contributed by atoms with Crippen molar-refractivity contribution in [1.82, 2.24) is 18.8 Å². The number of sulfonamides is 1. The Labute approximate surface area is 221 Å². The number of amides is 2. The van der Waals surface area contributed by atoms with E-state index in [-0.39, 0.29) is 36.8 Å². The lowest BCUT2D eigenvalue weighted by molar-refractivity contribution is -0.144. The van der Waals surface area contributed by atoms with Crippen molar-refractivity contribution in [1.29, 1.82) is 0 Å². The number of aliphatic imine (C=N–C) groups is 1. The van der Waals surface area contributed by atoms with Crippen molar-refractivity contribution in [3.8, 4) is 5.69 Å². The van der Waals surface area contributed by atoms with E-state index in [1.807, 2.05) is 4.72 Å². The van der Waals surface area contributed by atoms with Crippen LogP contribution in [0.15, 0.2) is 32.8 Å². The molecule has 3 rings (SSSR count). The molecule has 1 aliphatic heterocycles. The van der Waals surface area contributed by atoms with Gasteiger partial charge in [0.1, 0.15) is 16.8 Å². The summed E-state index contributed by atoms with van der Waals surface area (Å²) >= 11 is 6.82. The van der Waals surface area contributed by atoms with Gasteiger partial charge in [0.2, 0.25) is 21.8 Å². The number of carbonyl (C=O) groups is 2. The van der Waals surface area contributed by atoms with Crippen LogP contribution in [0, 0.1) is 5.82 Å². The number of carbonyl (C=O) groups excluding carboxylic acids is 2. The molecule has 0 saturated carbocycles. The van der Waals surface area contributed by atoms with Crippen LogP contribution in [-0.4, -0.2) is 57.5 Å². The summed E-state index contributed by atoms with van der Waals surface area (Å²) in [4.78, 5) is 54.7. The van der Waals surface area contributed by atoms with E-state index >= 15 is 0 Å². The van der Waals surface area contributed by atoms with Gasteiger partial charge in [0.25, 0.3) is 5.56 Å². The molecule has 1 fully saturated rings. The van der Waals surface area contributed by atoms with Crippen LogP contribution in [0.4, 0.5) is 23.2 Å². The SMILES string of the molecule is CCS(=O)(=O)NC(=O)CC1S/C(=N\c2cc(-n3c(=O)cc(C(F)(F)F)n(C)c3=O)c(F)cc2Cl)N(C)C1=O. The molecule has 2 heterocycles. The monoisotopic (exact) mass is 599 g/mol. The minimum atomic E-state index is -5.02. The Bertz CT molecular complexity index is 1590. The van der Waals surface area contributed by atoms with Crippen molar-refractivity contribution in [2.24, 2.45) is 12.0 Å². The number of hydrogen-bond donors (Lipinski definition) is 1. The number of alkyl halides is 3. The molecule has 2 aromatic rings. The van der Waals surface area contributed by atoms with Gasteiger partial charge in [-0.1, -0.05) is 23.4 Å². The Morgan fingerprint density at radius 3 is 2.39 bits per heavy atom. The fourth-order valence-corrected chi connectivity index (χ4v) is 5.17.